The van der Waals surface area contributed by atoms with Crippen molar-refractivity contribution in [3.05, 3.63) is 35.9 Å². The Morgan fingerprint density at radius 2 is 1.95 bits per heavy atom. The van der Waals surface area contributed by atoms with Crippen LogP contribution in [0.1, 0.15) is 5.56 Å². The molecule has 1 aromatic rings. The lowest BCUT2D eigenvalue weighted by Gasteiger charge is -2.28. The molecule has 1 saturated heterocycles. The molecule has 1 aliphatic heterocycles. The van der Waals surface area contributed by atoms with Gasteiger partial charge >= 0.3 is 0 Å². The summed E-state index contributed by atoms with van der Waals surface area (Å²) in [6.07, 6.45) is 0.352. The molecule has 21 heavy (non-hydrogen) atoms. The van der Waals surface area contributed by atoms with Gasteiger partial charge in [-0.1, -0.05) is 30.3 Å². The van der Waals surface area contributed by atoms with Gasteiger partial charge in [0, 0.05) is 18.5 Å². The summed E-state index contributed by atoms with van der Waals surface area (Å²) in [7, 11) is -2.38. The molecule has 0 aliphatic carbocycles. The van der Waals surface area contributed by atoms with E-state index in [1.165, 1.54) is 0 Å². The summed E-state index contributed by atoms with van der Waals surface area (Å²) in [6, 6.07) is 9.34. The number of rotatable bonds is 5. The van der Waals surface area contributed by atoms with Crippen molar-refractivity contribution < 1.29 is 17.9 Å². The largest absolute Gasteiger partial charge is 0.379 e. The second-order valence-electron chi connectivity index (χ2n) is 4.77. The van der Waals surface area contributed by atoms with Crippen LogP contribution in [-0.2, 0) is 26.2 Å². The van der Waals surface area contributed by atoms with E-state index in [9.17, 15) is 13.2 Å². The highest BCUT2D eigenvalue weighted by atomic mass is 32.2. The zero-order valence-corrected chi connectivity index (χ0v) is 12.4. The van der Waals surface area contributed by atoms with Gasteiger partial charge in [0.1, 0.15) is 0 Å². The van der Waals surface area contributed by atoms with Crippen LogP contribution in [0.4, 0.5) is 0 Å². The van der Waals surface area contributed by atoms with Crippen LogP contribution < -0.4 is 5.43 Å². The van der Waals surface area contributed by atoms with Gasteiger partial charge in [0.2, 0.25) is 16.2 Å². The molecule has 2 rings (SSSR count). The summed E-state index contributed by atoms with van der Waals surface area (Å²) >= 11 is 0. The van der Waals surface area contributed by atoms with Crippen molar-refractivity contribution in [2.45, 2.75) is 6.42 Å². The number of hydrazine groups is 1. The normalized spacial score (nSPS) is 17.0. The van der Waals surface area contributed by atoms with Crippen LogP contribution in [0.2, 0.25) is 0 Å². The second kappa shape index (κ2) is 7.92. The van der Waals surface area contributed by atoms with Gasteiger partial charge in [-0.3, -0.25) is 10.2 Å². The van der Waals surface area contributed by atoms with Crippen molar-refractivity contribution in [2.75, 3.05) is 26.3 Å². The Labute approximate surface area is 125 Å². The molecule has 1 aromatic carbocycles. The fourth-order valence-corrected chi connectivity index (χ4v) is 2.61. The Hall–Kier alpha value is -1.70. The van der Waals surface area contributed by atoms with Crippen molar-refractivity contribution in [1.29, 1.82) is 0 Å². The van der Waals surface area contributed by atoms with E-state index in [1.54, 1.807) is 5.01 Å². The third-order valence-electron chi connectivity index (χ3n) is 3.19. The highest BCUT2D eigenvalue weighted by Crippen LogP contribution is 2.08. The Kier molecular flexibility index (Phi) is 5.91. The highest BCUT2D eigenvalue weighted by molar-refractivity contribution is 7.71. The molecule has 0 spiro atoms. The van der Waals surface area contributed by atoms with E-state index in [4.69, 9.17) is 4.74 Å². The molecule has 1 amide bonds. The van der Waals surface area contributed by atoms with Crippen LogP contribution in [0.15, 0.2) is 30.3 Å². The van der Waals surface area contributed by atoms with Crippen LogP contribution >= 0.6 is 0 Å². The quantitative estimate of drug-likeness (QED) is 0.768. The molecule has 1 atom stereocenters. The summed E-state index contributed by atoms with van der Waals surface area (Å²) in [5.41, 5.74) is 3.67. The molecule has 0 saturated carbocycles. The van der Waals surface area contributed by atoms with Gasteiger partial charge in [-0.25, -0.2) is 5.01 Å². The average Bonchev–Trinajstić information content (AvgIpc) is 2.48. The molecule has 7 heteroatoms. The maximum absolute atomic E-state index is 12.3. The summed E-state index contributed by atoms with van der Waals surface area (Å²) in [5, 5.41) is 2.80. The first-order valence-electron chi connectivity index (χ1n) is 6.75. The number of ether oxygens (including phenoxy) is 1. The summed E-state index contributed by atoms with van der Waals surface area (Å²) in [5.74, 6) is -1.03. The van der Waals surface area contributed by atoms with E-state index in [2.05, 4.69) is 5.43 Å². The van der Waals surface area contributed by atoms with Gasteiger partial charge in [-0.2, -0.15) is 8.42 Å². The molecule has 1 aliphatic rings. The van der Waals surface area contributed by atoms with Gasteiger partial charge in [0.25, 0.3) is 0 Å². The fraction of sp³-hybridized carbons (Fsp3) is 0.429. The van der Waals surface area contributed by atoms with Gasteiger partial charge in [-0.05, 0) is 12.0 Å². The van der Waals surface area contributed by atoms with Crippen molar-refractivity contribution in [2.24, 2.45) is 5.92 Å². The Morgan fingerprint density at radius 3 is 2.57 bits per heavy atom. The Bertz CT molecular complexity index is 587. The van der Waals surface area contributed by atoms with E-state index >= 15 is 0 Å². The first-order chi connectivity index (χ1) is 10.1. The third kappa shape index (κ3) is 5.30. The SMILES string of the molecule is O=C(NN1CCOCC1)C(C=S(=O)=O)Cc1ccccc1. The number of nitrogens with zero attached hydrogens (tertiary/aromatic N) is 1. The average molecular weight is 310 g/mol. The predicted octanol–water partition coefficient (Wildman–Crippen LogP) is -0.110. The molecule has 114 valence electrons. The topological polar surface area (TPSA) is 75.7 Å². The molecule has 0 radical (unpaired) electrons. The first-order valence-corrected chi connectivity index (χ1v) is 7.89. The lowest BCUT2D eigenvalue weighted by molar-refractivity contribution is -0.129. The van der Waals surface area contributed by atoms with Gasteiger partial charge in [0.15, 0.2) is 0 Å². The predicted molar refractivity (Wildman–Crippen MR) is 79.2 cm³/mol. The number of carbonyl (C=O) groups is 1. The van der Waals surface area contributed by atoms with E-state index in [-0.39, 0.29) is 5.91 Å². The lowest BCUT2D eigenvalue weighted by Crippen LogP contribution is -2.50. The molecule has 0 aromatic heterocycles. The monoisotopic (exact) mass is 310 g/mol. The van der Waals surface area contributed by atoms with Crippen molar-refractivity contribution in [3.8, 4) is 0 Å². The zero-order valence-electron chi connectivity index (χ0n) is 11.6. The van der Waals surface area contributed by atoms with Crippen LogP contribution in [0, 0.1) is 5.92 Å². The number of carbonyl (C=O) groups excluding carboxylic acids is 1. The number of hydrogen-bond donors (Lipinski definition) is 1. The zero-order chi connectivity index (χ0) is 15.1. The van der Waals surface area contributed by atoms with E-state index in [0.717, 1.165) is 10.9 Å². The van der Waals surface area contributed by atoms with E-state index in [0.29, 0.717) is 32.7 Å². The standard InChI is InChI=1S/C14H18N2O4S/c17-14(15-16-6-8-20-9-7-16)13(11-21(18)19)10-12-4-2-1-3-5-12/h1-5,11,13H,6-10H2,(H,15,17). The van der Waals surface area contributed by atoms with Gasteiger partial charge < -0.3 is 4.74 Å². The summed E-state index contributed by atoms with van der Waals surface area (Å²) in [4.78, 5) is 12.3. The summed E-state index contributed by atoms with van der Waals surface area (Å²) < 4.78 is 27.1. The van der Waals surface area contributed by atoms with Gasteiger partial charge in [-0.15, -0.1) is 0 Å². The Morgan fingerprint density at radius 1 is 1.29 bits per heavy atom. The van der Waals surface area contributed by atoms with Gasteiger partial charge in [0.05, 0.1) is 19.1 Å². The lowest BCUT2D eigenvalue weighted by atomic mass is 10.0. The minimum absolute atomic E-state index is 0.315. The number of hydrogen-bond acceptors (Lipinski definition) is 5. The van der Waals surface area contributed by atoms with Crippen LogP contribution in [0.5, 0.6) is 0 Å². The summed E-state index contributed by atoms with van der Waals surface area (Å²) in [6.45, 7) is 2.32. The van der Waals surface area contributed by atoms with Crippen molar-refractivity contribution >= 4 is 21.6 Å². The van der Waals surface area contributed by atoms with E-state index in [1.807, 2.05) is 30.3 Å². The van der Waals surface area contributed by atoms with E-state index < -0.39 is 16.2 Å². The Balaban J connectivity index is 2.04. The molecule has 1 fully saturated rings. The van der Waals surface area contributed by atoms with Crippen LogP contribution in [-0.4, -0.2) is 51.0 Å². The van der Waals surface area contributed by atoms with Crippen LogP contribution in [0.3, 0.4) is 0 Å². The maximum atomic E-state index is 12.3. The molecular formula is C14H18N2O4S. The smallest absolute Gasteiger partial charge is 0.242 e. The second-order valence-corrected chi connectivity index (χ2v) is 5.56. The molecule has 1 N–H and O–H groups in total. The number of morpholine rings is 1. The number of amides is 1. The minimum atomic E-state index is -2.38. The minimum Gasteiger partial charge on any atom is -0.379 e. The molecule has 1 unspecified atom stereocenters. The molecule has 0 bridgehead atoms. The third-order valence-corrected chi connectivity index (χ3v) is 3.74. The first kappa shape index (κ1) is 15.7. The molecular weight excluding hydrogens is 292 g/mol. The molecule has 1 heterocycles. The highest BCUT2D eigenvalue weighted by Gasteiger charge is 2.21. The number of nitrogens with one attached hydrogen (secondary N) is 1. The van der Waals surface area contributed by atoms with Crippen LogP contribution in [0.25, 0.3) is 0 Å². The molecule has 6 nitrogen and oxygen atoms in total. The fourth-order valence-electron chi connectivity index (χ4n) is 2.12. The maximum Gasteiger partial charge on any atom is 0.242 e. The van der Waals surface area contributed by atoms with Crippen molar-refractivity contribution in [3.63, 3.8) is 0 Å². The number of benzene rings is 1. The van der Waals surface area contributed by atoms with Crippen molar-refractivity contribution in [1.82, 2.24) is 10.4 Å².